The Morgan fingerprint density at radius 3 is 2.70 bits per heavy atom. The summed E-state index contributed by atoms with van der Waals surface area (Å²) in [5, 5.41) is 0.0109. The lowest BCUT2D eigenvalue weighted by Crippen LogP contribution is -2.15. The summed E-state index contributed by atoms with van der Waals surface area (Å²) in [4.78, 5) is 8.47. The zero-order valence-electron chi connectivity index (χ0n) is 13.8. The second-order valence-corrected chi connectivity index (χ2v) is 8.67. The van der Waals surface area contributed by atoms with Crippen molar-refractivity contribution in [3.8, 4) is 0 Å². The van der Waals surface area contributed by atoms with E-state index in [1.165, 1.54) is 6.26 Å². The fourth-order valence-corrected chi connectivity index (χ4v) is 3.54. The highest BCUT2D eigenvalue weighted by molar-refractivity contribution is 7.92. The SMILES string of the molecule is CC1CCCc2nc(S(=O)(=O)Nc3nc(C(C)(C)C)co3)cn21. The monoisotopic (exact) mass is 338 g/mol. The molecule has 0 aromatic carbocycles. The van der Waals surface area contributed by atoms with Gasteiger partial charge < -0.3 is 8.98 Å². The van der Waals surface area contributed by atoms with Crippen LogP contribution in [0.15, 0.2) is 21.9 Å². The maximum absolute atomic E-state index is 12.5. The van der Waals surface area contributed by atoms with Crippen molar-refractivity contribution >= 4 is 16.0 Å². The minimum Gasteiger partial charge on any atom is -0.431 e. The van der Waals surface area contributed by atoms with Gasteiger partial charge in [-0.1, -0.05) is 20.8 Å². The third-order valence-corrected chi connectivity index (χ3v) is 5.24. The van der Waals surface area contributed by atoms with Crippen LogP contribution in [0.2, 0.25) is 0 Å². The normalized spacial score (nSPS) is 18.7. The predicted molar refractivity (Wildman–Crippen MR) is 85.9 cm³/mol. The summed E-state index contributed by atoms with van der Waals surface area (Å²) in [6.45, 7) is 8.01. The molecule has 0 fully saturated rings. The summed E-state index contributed by atoms with van der Waals surface area (Å²) in [6.07, 6.45) is 5.92. The first kappa shape index (κ1) is 16.0. The number of fused-ring (bicyclic) bond motifs is 1. The first-order chi connectivity index (χ1) is 10.7. The van der Waals surface area contributed by atoms with Crippen molar-refractivity contribution in [1.82, 2.24) is 14.5 Å². The van der Waals surface area contributed by atoms with Crippen molar-refractivity contribution < 1.29 is 12.8 Å². The number of imidazole rings is 1. The molecular weight excluding hydrogens is 316 g/mol. The van der Waals surface area contributed by atoms with Crippen molar-refractivity contribution in [1.29, 1.82) is 0 Å². The van der Waals surface area contributed by atoms with E-state index in [0.29, 0.717) is 5.69 Å². The van der Waals surface area contributed by atoms with Crippen LogP contribution >= 0.6 is 0 Å². The zero-order chi connectivity index (χ0) is 16.8. The molecule has 0 spiro atoms. The minimum absolute atomic E-state index is 0.0109. The van der Waals surface area contributed by atoms with E-state index in [1.54, 1.807) is 6.20 Å². The van der Waals surface area contributed by atoms with Crippen molar-refractivity contribution in [2.24, 2.45) is 0 Å². The van der Waals surface area contributed by atoms with Gasteiger partial charge >= 0.3 is 6.01 Å². The Morgan fingerprint density at radius 2 is 2.09 bits per heavy atom. The van der Waals surface area contributed by atoms with Gasteiger partial charge in [-0.15, -0.1) is 0 Å². The number of sulfonamides is 1. The van der Waals surface area contributed by atoms with E-state index in [0.717, 1.165) is 25.1 Å². The highest BCUT2D eigenvalue weighted by atomic mass is 32.2. The first-order valence-electron chi connectivity index (χ1n) is 7.73. The Morgan fingerprint density at radius 1 is 1.35 bits per heavy atom. The van der Waals surface area contributed by atoms with Crippen LogP contribution in [-0.4, -0.2) is 23.0 Å². The molecule has 1 atom stereocenters. The van der Waals surface area contributed by atoms with E-state index >= 15 is 0 Å². The van der Waals surface area contributed by atoms with Crippen LogP contribution in [0, 0.1) is 0 Å². The number of nitrogens with one attached hydrogen (secondary N) is 1. The van der Waals surface area contributed by atoms with Gasteiger partial charge in [0.1, 0.15) is 12.1 Å². The van der Waals surface area contributed by atoms with Crippen LogP contribution in [0.5, 0.6) is 0 Å². The van der Waals surface area contributed by atoms with Crippen LogP contribution < -0.4 is 4.72 Å². The highest BCUT2D eigenvalue weighted by Gasteiger charge is 2.26. The van der Waals surface area contributed by atoms with E-state index in [2.05, 4.69) is 21.6 Å². The Hall–Kier alpha value is -1.83. The molecule has 23 heavy (non-hydrogen) atoms. The number of oxazole rings is 1. The van der Waals surface area contributed by atoms with Crippen LogP contribution in [0.1, 0.15) is 58.1 Å². The molecule has 3 rings (SSSR count). The molecule has 1 unspecified atom stereocenters. The molecule has 1 N–H and O–H groups in total. The molecule has 0 bridgehead atoms. The quantitative estimate of drug-likeness (QED) is 0.929. The average molecular weight is 338 g/mol. The van der Waals surface area contributed by atoms with Gasteiger partial charge in [0, 0.05) is 24.1 Å². The summed E-state index contributed by atoms with van der Waals surface area (Å²) < 4.78 is 34.5. The number of anilines is 1. The molecule has 126 valence electrons. The van der Waals surface area contributed by atoms with Crippen LogP contribution in [0.3, 0.4) is 0 Å². The van der Waals surface area contributed by atoms with E-state index in [4.69, 9.17) is 4.42 Å². The zero-order valence-corrected chi connectivity index (χ0v) is 14.6. The molecule has 8 heteroatoms. The maximum atomic E-state index is 12.5. The molecular formula is C15H22N4O3S. The Balaban J connectivity index is 1.86. The molecule has 0 amide bonds. The molecule has 2 aromatic heterocycles. The Bertz CT molecular complexity index is 814. The molecule has 0 aliphatic carbocycles. The molecule has 7 nitrogen and oxygen atoms in total. The molecule has 1 aliphatic heterocycles. The molecule has 3 heterocycles. The van der Waals surface area contributed by atoms with Crippen molar-refractivity contribution in [3.05, 3.63) is 24.0 Å². The molecule has 0 saturated carbocycles. The van der Waals surface area contributed by atoms with Gasteiger partial charge in [0.2, 0.25) is 0 Å². The van der Waals surface area contributed by atoms with Gasteiger partial charge in [0.05, 0.1) is 5.69 Å². The van der Waals surface area contributed by atoms with E-state index < -0.39 is 10.0 Å². The summed E-state index contributed by atoms with van der Waals surface area (Å²) >= 11 is 0. The second kappa shape index (κ2) is 5.36. The number of nitrogens with zero attached hydrogens (tertiary/aromatic N) is 3. The van der Waals surface area contributed by atoms with Gasteiger partial charge in [-0.25, -0.2) is 9.71 Å². The van der Waals surface area contributed by atoms with E-state index in [9.17, 15) is 8.42 Å². The van der Waals surface area contributed by atoms with E-state index in [-0.39, 0.29) is 22.5 Å². The van der Waals surface area contributed by atoms with Crippen molar-refractivity contribution in [2.75, 3.05) is 4.72 Å². The minimum atomic E-state index is -3.80. The Kier molecular flexibility index (Phi) is 3.74. The van der Waals surface area contributed by atoms with Gasteiger partial charge in [-0.05, 0) is 19.8 Å². The number of hydrogen-bond donors (Lipinski definition) is 1. The summed E-state index contributed by atoms with van der Waals surface area (Å²) in [5.41, 5.74) is 0.476. The van der Waals surface area contributed by atoms with Crippen molar-refractivity contribution in [2.45, 2.75) is 63.4 Å². The van der Waals surface area contributed by atoms with Gasteiger partial charge in [-0.3, -0.25) is 0 Å². The fourth-order valence-electron chi connectivity index (χ4n) is 2.63. The lowest BCUT2D eigenvalue weighted by molar-refractivity contribution is 0.425. The Labute approximate surface area is 136 Å². The lowest BCUT2D eigenvalue weighted by atomic mass is 9.93. The topological polar surface area (TPSA) is 90.0 Å². The summed E-state index contributed by atoms with van der Waals surface area (Å²) in [6, 6.07) is 0.235. The molecule has 2 aromatic rings. The first-order valence-corrected chi connectivity index (χ1v) is 9.22. The smallest absolute Gasteiger partial charge is 0.309 e. The largest absolute Gasteiger partial charge is 0.431 e. The maximum Gasteiger partial charge on any atom is 0.309 e. The number of aryl methyl sites for hydroxylation is 1. The summed E-state index contributed by atoms with van der Waals surface area (Å²) in [7, 11) is -3.80. The number of rotatable bonds is 3. The highest BCUT2D eigenvalue weighted by Crippen LogP contribution is 2.27. The van der Waals surface area contributed by atoms with Gasteiger partial charge in [0.25, 0.3) is 10.0 Å². The van der Waals surface area contributed by atoms with Crippen LogP contribution in [0.25, 0.3) is 0 Å². The third kappa shape index (κ3) is 3.12. The fraction of sp³-hybridized carbons (Fsp3) is 0.600. The van der Waals surface area contributed by atoms with Gasteiger partial charge in [-0.2, -0.15) is 13.4 Å². The average Bonchev–Trinajstić information content (AvgIpc) is 3.04. The van der Waals surface area contributed by atoms with E-state index in [1.807, 2.05) is 25.3 Å². The third-order valence-electron chi connectivity index (χ3n) is 4.05. The molecule has 0 saturated heterocycles. The molecule has 1 aliphatic rings. The predicted octanol–water partition coefficient (Wildman–Crippen LogP) is 2.87. The summed E-state index contributed by atoms with van der Waals surface area (Å²) in [5.74, 6) is 0.812. The van der Waals surface area contributed by atoms with Gasteiger partial charge in [0.15, 0.2) is 5.03 Å². The van der Waals surface area contributed by atoms with Crippen molar-refractivity contribution in [3.63, 3.8) is 0 Å². The second-order valence-electron chi connectivity index (χ2n) is 7.04. The van der Waals surface area contributed by atoms with Crippen LogP contribution in [0.4, 0.5) is 6.01 Å². The number of hydrogen-bond acceptors (Lipinski definition) is 5. The number of aromatic nitrogens is 3. The van der Waals surface area contributed by atoms with Crippen LogP contribution in [-0.2, 0) is 21.9 Å². The standard InChI is InChI=1S/C15H22N4O3S/c1-10-6-5-7-12-17-13(8-19(10)12)23(20,21)18-14-16-11(9-22-14)15(2,3)4/h8-10H,5-7H2,1-4H3,(H,16,18). The molecule has 0 radical (unpaired) electrons. The lowest BCUT2D eigenvalue weighted by Gasteiger charge is -2.20.